The van der Waals surface area contributed by atoms with Crippen LogP contribution in [0.5, 0.6) is 0 Å². The Hall–Kier alpha value is -1.28. The summed E-state index contributed by atoms with van der Waals surface area (Å²) in [5.41, 5.74) is 16.8. The van der Waals surface area contributed by atoms with Crippen molar-refractivity contribution in [2.45, 2.75) is 63.5 Å². The number of aldehydes is 1. The van der Waals surface area contributed by atoms with Crippen LogP contribution in [0.25, 0.3) is 0 Å². The van der Waals surface area contributed by atoms with Gasteiger partial charge in [0.2, 0.25) is 0 Å². The molecule has 1 fully saturated rings. The molecule has 1 aliphatic rings. The maximum atomic E-state index is 10.1. The van der Waals surface area contributed by atoms with Gasteiger partial charge in [-0.15, -0.1) is 0 Å². The first-order chi connectivity index (χ1) is 12.4. The first kappa shape index (κ1) is 24.7. The highest BCUT2D eigenvalue weighted by Crippen LogP contribution is 2.14. The Bertz CT molecular complexity index is 491. The van der Waals surface area contributed by atoms with Crippen LogP contribution in [0.15, 0.2) is 28.7 Å². The number of benzene rings is 1. The number of nitrogens with two attached hydrogens (primary N) is 3. The number of carbonyl (C=O) groups is 2. The Morgan fingerprint density at radius 1 is 1.19 bits per heavy atom. The van der Waals surface area contributed by atoms with E-state index in [9.17, 15) is 9.59 Å². The largest absolute Gasteiger partial charge is 0.480 e. The van der Waals surface area contributed by atoms with Gasteiger partial charge in [0.1, 0.15) is 12.3 Å². The van der Waals surface area contributed by atoms with Gasteiger partial charge in [-0.05, 0) is 44.4 Å². The molecule has 26 heavy (non-hydrogen) atoms. The fourth-order valence-corrected chi connectivity index (χ4v) is 2.57. The number of hydrogen-bond donors (Lipinski definition) is 4. The molecule has 0 spiro atoms. The average molecular weight is 430 g/mol. The summed E-state index contributed by atoms with van der Waals surface area (Å²) < 4.78 is 0.994. The molecule has 148 valence electrons. The van der Waals surface area contributed by atoms with Crippen molar-refractivity contribution in [3.8, 4) is 0 Å². The molecule has 7 heteroatoms. The van der Waals surface area contributed by atoms with E-state index in [0.717, 1.165) is 23.6 Å². The third-order valence-corrected chi connectivity index (χ3v) is 4.47. The molecule has 2 rings (SSSR count). The van der Waals surface area contributed by atoms with Crippen molar-refractivity contribution in [3.63, 3.8) is 0 Å². The molecule has 1 unspecified atom stereocenters. The van der Waals surface area contributed by atoms with Crippen LogP contribution in [0.4, 0.5) is 0 Å². The first-order valence-corrected chi connectivity index (χ1v) is 9.84. The van der Waals surface area contributed by atoms with Crippen molar-refractivity contribution in [1.82, 2.24) is 0 Å². The maximum absolute atomic E-state index is 10.1. The summed E-state index contributed by atoms with van der Waals surface area (Å²) in [6.07, 6.45) is 9.65. The van der Waals surface area contributed by atoms with Crippen LogP contribution in [0, 0.1) is 0 Å². The number of aliphatic carboxylic acids is 1. The lowest BCUT2D eigenvalue weighted by Gasteiger charge is -2.15. The van der Waals surface area contributed by atoms with E-state index in [2.05, 4.69) is 15.9 Å². The van der Waals surface area contributed by atoms with Crippen LogP contribution < -0.4 is 17.2 Å². The van der Waals surface area contributed by atoms with Crippen LogP contribution in [-0.4, -0.2) is 36.0 Å². The van der Waals surface area contributed by atoms with Crippen LogP contribution in [0.2, 0.25) is 0 Å². The minimum absolute atomic E-state index is 0.520. The molecule has 0 saturated heterocycles. The van der Waals surface area contributed by atoms with E-state index in [1.54, 1.807) is 12.1 Å². The van der Waals surface area contributed by atoms with Crippen molar-refractivity contribution in [2.75, 3.05) is 6.54 Å². The lowest BCUT2D eigenvalue weighted by molar-refractivity contribution is -0.138. The molecule has 0 aliphatic heterocycles. The SMILES string of the molecule is NC1CCCCC1.NCCCCC(N)C(=O)O.O=Cc1ccc(Br)cc1. The molecule has 0 heterocycles. The molecule has 1 atom stereocenters. The summed E-state index contributed by atoms with van der Waals surface area (Å²) in [6.45, 7) is 0.604. The quantitative estimate of drug-likeness (QED) is 0.405. The van der Waals surface area contributed by atoms with Gasteiger partial charge in [0.15, 0.2) is 0 Å². The molecule has 0 bridgehead atoms. The average Bonchev–Trinajstić information content (AvgIpc) is 2.64. The Balaban J connectivity index is 0.000000365. The topological polar surface area (TPSA) is 132 Å². The van der Waals surface area contributed by atoms with Crippen molar-refractivity contribution in [1.29, 1.82) is 0 Å². The highest BCUT2D eigenvalue weighted by molar-refractivity contribution is 9.10. The summed E-state index contributed by atoms with van der Waals surface area (Å²) in [4.78, 5) is 20.2. The van der Waals surface area contributed by atoms with Gasteiger partial charge >= 0.3 is 5.97 Å². The number of hydrogen-bond acceptors (Lipinski definition) is 5. The molecule has 7 N–H and O–H groups in total. The van der Waals surface area contributed by atoms with E-state index in [0.29, 0.717) is 24.6 Å². The summed E-state index contributed by atoms with van der Waals surface area (Å²) in [5, 5.41) is 8.33. The number of carbonyl (C=O) groups excluding carboxylic acids is 1. The minimum Gasteiger partial charge on any atom is -0.480 e. The van der Waals surface area contributed by atoms with E-state index in [1.165, 1.54) is 32.1 Å². The molecule has 1 aromatic rings. The van der Waals surface area contributed by atoms with Gasteiger partial charge in [-0.3, -0.25) is 9.59 Å². The molecular weight excluding hydrogens is 398 g/mol. The van der Waals surface area contributed by atoms with E-state index >= 15 is 0 Å². The second-order valence-electron chi connectivity index (χ2n) is 6.30. The summed E-state index contributed by atoms with van der Waals surface area (Å²) in [5.74, 6) is -0.933. The van der Waals surface area contributed by atoms with Gasteiger partial charge < -0.3 is 22.3 Å². The smallest absolute Gasteiger partial charge is 0.320 e. The van der Waals surface area contributed by atoms with Crippen molar-refractivity contribution in [2.24, 2.45) is 17.2 Å². The molecule has 0 aromatic heterocycles. The second-order valence-corrected chi connectivity index (χ2v) is 7.21. The van der Waals surface area contributed by atoms with Gasteiger partial charge in [-0.2, -0.15) is 0 Å². The molecule has 1 aliphatic carbocycles. The molecule has 1 aromatic carbocycles. The number of rotatable bonds is 6. The van der Waals surface area contributed by atoms with Crippen LogP contribution in [-0.2, 0) is 4.79 Å². The van der Waals surface area contributed by atoms with E-state index in [4.69, 9.17) is 22.3 Å². The summed E-state index contributed by atoms with van der Waals surface area (Å²) in [6, 6.07) is 7.02. The van der Waals surface area contributed by atoms with Crippen LogP contribution >= 0.6 is 15.9 Å². The maximum Gasteiger partial charge on any atom is 0.320 e. The van der Waals surface area contributed by atoms with Crippen LogP contribution in [0.1, 0.15) is 61.7 Å². The predicted octanol–water partition coefficient (Wildman–Crippen LogP) is 3.07. The molecular formula is C19H32BrN3O3. The van der Waals surface area contributed by atoms with Gasteiger partial charge in [-0.25, -0.2) is 0 Å². The zero-order valence-electron chi connectivity index (χ0n) is 15.3. The zero-order valence-corrected chi connectivity index (χ0v) is 16.9. The van der Waals surface area contributed by atoms with Crippen molar-refractivity contribution < 1.29 is 14.7 Å². The Morgan fingerprint density at radius 3 is 2.15 bits per heavy atom. The van der Waals surface area contributed by atoms with E-state index in [-0.39, 0.29) is 0 Å². The zero-order chi connectivity index (χ0) is 19.8. The highest BCUT2D eigenvalue weighted by atomic mass is 79.9. The third kappa shape index (κ3) is 13.9. The Kier molecular flexibility index (Phi) is 15.2. The summed E-state index contributed by atoms with van der Waals surface area (Å²) in [7, 11) is 0. The Labute approximate surface area is 164 Å². The normalized spacial score (nSPS) is 14.9. The molecule has 0 radical (unpaired) electrons. The van der Waals surface area contributed by atoms with E-state index < -0.39 is 12.0 Å². The summed E-state index contributed by atoms with van der Waals surface area (Å²) >= 11 is 3.26. The number of halogens is 1. The fourth-order valence-electron chi connectivity index (χ4n) is 2.31. The Morgan fingerprint density at radius 2 is 1.77 bits per heavy atom. The van der Waals surface area contributed by atoms with Gasteiger partial charge in [0.05, 0.1) is 0 Å². The number of carboxylic acids is 1. The monoisotopic (exact) mass is 429 g/mol. The van der Waals surface area contributed by atoms with Crippen LogP contribution in [0.3, 0.4) is 0 Å². The predicted molar refractivity (Wildman–Crippen MR) is 109 cm³/mol. The fraction of sp³-hybridized carbons (Fsp3) is 0.579. The lowest BCUT2D eigenvalue weighted by atomic mass is 9.97. The van der Waals surface area contributed by atoms with Gasteiger partial charge in [-0.1, -0.05) is 53.7 Å². The third-order valence-electron chi connectivity index (χ3n) is 3.94. The lowest BCUT2D eigenvalue weighted by Crippen LogP contribution is -2.29. The first-order valence-electron chi connectivity index (χ1n) is 9.05. The highest BCUT2D eigenvalue weighted by Gasteiger charge is 2.09. The number of unbranched alkanes of at least 4 members (excludes halogenated alkanes) is 1. The van der Waals surface area contributed by atoms with Gasteiger partial charge in [0, 0.05) is 16.1 Å². The van der Waals surface area contributed by atoms with Gasteiger partial charge in [0.25, 0.3) is 0 Å². The molecule has 0 amide bonds. The van der Waals surface area contributed by atoms with Crippen molar-refractivity contribution in [3.05, 3.63) is 34.3 Å². The standard InChI is InChI=1S/C7H5BrO.C6H14N2O2.C6H13N/c8-7-3-1-6(5-9)2-4-7;7-4-2-1-3-5(8)6(9)10;7-6-4-2-1-3-5-6/h1-5H;5H,1-4,7-8H2,(H,9,10);6H,1-5,7H2. The minimum atomic E-state index is -0.933. The van der Waals surface area contributed by atoms with Crippen molar-refractivity contribution >= 4 is 28.2 Å². The number of carboxylic acid groups (broad SMARTS) is 1. The second kappa shape index (κ2) is 15.9. The molecule has 6 nitrogen and oxygen atoms in total. The molecule has 1 saturated carbocycles. The van der Waals surface area contributed by atoms with E-state index in [1.807, 2.05) is 12.1 Å².